The van der Waals surface area contributed by atoms with Crippen molar-refractivity contribution in [2.45, 2.75) is 32.9 Å². The van der Waals surface area contributed by atoms with E-state index in [9.17, 15) is 4.79 Å². The van der Waals surface area contributed by atoms with E-state index in [0.29, 0.717) is 5.92 Å². The number of amides is 1. The summed E-state index contributed by atoms with van der Waals surface area (Å²) in [4.78, 5) is 14.2. The van der Waals surface area contributed by atoms with Gasteiger partial charge in [0.1, 0.15) is 5.69 Å². The zero-order chi connectivity index (χ0) is 12.4. The Hall–Kier alpha value is -1.29. The van der Waals surface area contributed by atoms with Crippen molar-refractivity contribution in [2.75, 3.05) is 13.1 Å². The first-order valence-corrected chi connectivity index (χ1v) is 6.33. The monoisotopic (exact) mass is 235 g/mol. The first-order valence-electron chi connectivity index (χ1n) is 6.33. The van der Waals surface area contributed by atoms with Gasteiger partial charge in [0, 0.05) is 31.9 Å². The Balaban J connectivity index is 2.07. The van der Waals surface area contributed by atoms with Crippen LogP contribution in [0.15, 0.2) is 18.3 Å². The minimum atomic E-state index is 0.139. The Kier molecular flexibility index (Phi) is 3.52. The van der Waals surface area contributed by atoms with Crippen LogP contribution < -0.4 is 5.73 Å². The van der Waals surface area contributed by atoms with E-state index in [1.165, 1.54) is 0 Å². The fourth-order valence-electron chi connectivity index (χ4n) is 2.45. The van der Waals surface area contributed by atoms with Gasteiger partial charge in [-0.05, 0) is 38.3 Å². The largest absolute Gasteiger partial charge is 0.344 e. The van der Waals surface area contributed by atoms with E-state index in [0.717, 1.165) is 31.7 Å². The molecule has 2 unspecified atom stereocenters. The lowest BCUT2D eigenvalue weighted by Gasteiger charge is -2.18. The van der Waals surface area contributed by atoms with Crippen molar-refractivity contribution in [1.82, 2.24) is 9.47 Å². The third-order valence-corrected chi connectivity index (χ3v) is 3.64. The predicted octanol–water partition coefficient (Wildman–Crippen LogP) is 1.32. The van der Waals surface area contributed by atoms with Gasteiger partial charge >= 0.3 is 0 Å². The van der Waals surface area contributed by atoms with Crippen molar-refractivity contribution < 1.29 is 4.79 Å². The summed E-state index contributed by atoms with van der Waals surface area (Å²) in [6, 6.07) is 3.99. The van der Waals surface area contributed by atoms with Crippen molar-refractivity contribution in [3.8, 4) is 0 Å². The highest BCUT2D eigenvalue weighted by Crippen LogP contribution is 2.20. The number of aryl methyl sites for hydroxylation is 1. The Morgan fingerprint density at radius 1 is 1.65 bits per heavy atom. The molecule has 0 saturated carbocycles. The second kappa shape index (κ2) is 4.92. The molecule has 94 valence electrons. The fraction of sp³-hybridized carbons (Fsp3) is 0.615. The quantitative estimate of drug-likeness (QED) is 0.859. The maximum absolute atomic E-state index is 12.3. The lowest BCUT2D eigenvalue weighted by Crippen LogP contribution is -2.33. The topological polar surface area (TPSA) is 51.3 Å². The Bertz CT molecular complexity index is 397. The average Bonchev–Trinajstić information content (AvgIpc) is 2.96. The standard InChI is InChI=1S/C13H21N3O/c1-3-15-7-4-5-12(15)13(17)16-8-6-11(9-16)10(2)14/h4-5,7,10-11H,3,6,8-9,14H2,1-2H3. The number of hydrogen-bond acceptors (Lipinski definition) is 2. The van der Waals surface area contributed by atoms with Gasteiger partial charge in [0.05, 0.1) is 0 Å². The van der Waals surface area contributed by atoms with Crippen molar-refractivity contribution in [3.05, 3.63) is 24.0 Å². The fourth-order valence-corrected chi connectivity index (χ4v) is 2.45. The van der Waals surface area contributed by atoms with Crippen molar-refractivity contribution >= 4 is 5.91 Å². The Morgan fingerprint density at radius 3 is 3.00 bits per heavy atom. The van der Waals surface area contributed by atoms with Crippen molar-refractivity contribution in [1.29, 1.82) is 0 Å². The summed E-state index contributed by atoms with van der Waals surface area (Å²) in [6.07, 6.45) is 2.97. The Labute approximate surface area is 102 Å². The number of aromatic nitrogens is 1. The lowest BCUT2D eigenvalue weighted by atomic mass is 10.0. The molecule has 1 fully saturated rings. The van der Waals surface area contributed by atoms with Crippen molar-refractivity contribution in [2.24, 2.45) is 11.7 Å². The van der Waals surface area contributed by atoms with E-state index in [-0.39, 0.29) is 11.9 Å². The molecule has 1 aliphatic heterocycles. The molecule has 1 aliphatic rings. The zero-order valence-electron chi connectivity index (χ0n) is 10.6. The highest BCUT2D eigenvalue weighted by molar-refractivity contribution is 5.93. The summed E-state index contributed by atoms with van der Waals surface area (Å²) in [7, 11) is 0. The number of nitrogens with two attached hydrogens (primary N) is 1. The second-order valence-electron chi connectivity index (χ2n) is 4.84. The van der Waals surface area contributed by atoms with Crippen LogP contribution in [0.1, 0.15) is 30.8 Å². The van der Waals surface area contributed by atoms with Gasteiger partial charge in [-0.25, -0.2) is 0 Å². The van der Waals surface area contributed by atoms with Crippen LogP contribution in [-0.4, -0.2) is 34.5 Å². The van der Waals surface area contributed by atoms with Gasteiger partial charge in [0.25, 0.3) is 5.91 Å². The van der Waals surface area contributed by atoms with Gasteiger partial charge in [-0.1, -0.05) is 0 Å². The smallest absolute Gasteiger partial charge is 0.270 e. The molecule has 1 aromatic heterocycles. The van der Waals surface area contributed by atoms with Crippen LogP contribution in [0.4, 0.5) is 0 Å². The summed E-state index contributed by atoms with van der Waals surface area (Å²) in [5.41, 5.74) is 6.68. The predicted molar refractivity (Wildman–Crippen MR) is 67.8 cm³/mol. The van der Waals surface area contributed by atoms with E-state index in [1.54, 1.807) is 0 Å². The van der Waals surface area contributed by atoms with E-state index in [2.05, 4.69) is 0 Å². The van der Waals surface area contributed by atoms with Crippen LogP contribution in [0.3, 0.4) is 0 Å². The molecule has 2 heterocycles. The van der Waals surface area contributed by atoms with Crippen molar-refractivity contribution in [3.63, 3.8) is 0 Å². The van der Waals surface area contributed by atoms with E-state index < -0.39 is 0 Å². The minimum Gasteiger partial charge on any atom is -0.344 e. The van der Waals surface area contributed by atoms with Gasteiger partial charge in [-0.2, -0.15) is 0 Å². The first kappa shape index (κ1) is 12.2. The van der Waals surface area contributed by atoms with E-state index in [1.807, 2.05) is 41.6 Å². The molecule has 4 nitrogen and oxygen atoms in total. The number of carbonyl (C=O) groups excluding carboxylic acids is 1. The highest BCUT2D eigenvalue weighted by atomic mass is 16.2. The molecule has 0 aliphatic carbocycles. The molecule has 1 saturated heterocycles. The number of hydrogen-bond donors (Lipinski definition) is 1. The molecule has 2 atom stereocenters. The zero-order valence-corrected chi connectivity index (χ0v) is 10.6. The van der Waals surface area contributed by atoms with Gasteiger partial charge in [0.2, 0.25) is 0 Å². The average molecular weight is 235 g/mol. The molecule has 4 heteroatoms. The summed E-state index contributed by atoms with van der Waals surface area (Å²) >= 11 is 0. The lowest BCUT2D eigenvalue weighted by molar-refractivity contribution is 0.0775. The molecule has 1 amide bonds. The molecule has 17 heavy (non-hydrogen) atoms. The summed E-state index contributed by atoms with van der Waals surface area (Å²) in [6.45, 7) is 6.53. The molecule has 2 N–H and O–H groups in total. The maximum atomic E-state index is 12.3. The van der Waals surface area contributed by atoms with Crippen LogP contribution in [0, 0.1) is 5.92 Å². The van der Waals surface area contributed by atoms with Gasteiger partial charge in [-0.15, -0.1) is 0 Å². The van der Waals surface area contributed by atoms with E-state index in [4.69, 9.17) is 5.73 Å². The maximum Gasteiger partial charge on any atom is 0.270 e. The number of rotatable bonds is 3. The number of carbonyl (C=O) groups is 1. The van der Waals surface area contributed by atoms with Crippen LogP contribution in [0.2, 0.25) is 0 Å². The molecule has 0 aromatic carbocycles. The summed E-state index contributed by atoms with van der Waals surface area (Å²) in [5.74, 6) is 0.587. The molecule has 0 spiro atoms. The molecular weight excluding hydrogens is 214 g/mol. The third kappa shape index (κ3) is 2.36. The van der Waals surface area contributed by atoms with Crippen LogP contribution in [-0.2, 0) is 6.54 Å². The molecule has 0 bridgehead atoms. The van der Waals surface area contributed by atoms with Crippen LogP contribution >= 0.6 is 0 Å². The summed E-state index contributed by atoms with van der Waals surface area (Å²) < 4.78 is 1.99. The molecule has 1 aromatic rings. The molecular formula is C13H21N3O. The number of likely N-dealkylation sites (tertiary alicyclic amines) is 1. The number of nitrogens with zero attached hydrogens (tertiary/aromatic N) is 2. The second-order valence-corrected chi connectivity index (χ2v) is 4.84. The molecule has 0 radical (unpaired) electrons. The van der Waals surface area contributed by atoms with Crippen LogP contribution in [0.25, 0.3) is 0 Å². The Morgan fingerprint density at radius 2 is 2.41 bits per heavy atom. The molecule has 2 rings (SSSR count). The van der Waals surface area contributed by atoms with Gasteiger partial charge in [-0.3, -0.25) is 4.79 Å². The highest BCUT2D eigenvalue weighted by Gasteiger charge is 2.29. The normalized spacial score (nSPS) is 21.8. The minimum absolute atomic E-state index is 0.139. The van der Waals surface area contributed by atoms with Crippen LogP contribution in [0.5, 0.6) is 0 Å². The van der Waals surface area contributed by atoms with E-state index >= 15 is 0 Å². The summed E-state index contributed by atoms with van der Waals surface area (Å²) in [5, 5.41) is 0. The first-order chi connectivity index (χ1) is 8.13. The van der Waals surface area contributed by atoms with Gasteiger partial charge in [0.15, 0.2) is 0 Å². The third-order valence-electron chi connectivity index (χ3n) is 3.64. The SMILES string of the molecule is CCn1cccc1C(=O)N1CCC(C(C)N)C1. The van der Waals surface area contributed by atoms with Gasteiger partial charge < -0.3 is 15.2 Å².